The zero-order valence-electron chi connectivity index (χ0n) is 17.5. The molecule has 28 heavy (non-hydrogen) atoms. The second kappa shape index (κ2) is 11.8. The molecule has 2 fully saturated rings. The van der Waals surface area contributed by atoms with Crippen molar-refractivity contribution < 1.29 is 4.74 Å². The van der Waals surface area contributed by atoms with E-state index in [9.17, 15) is 0 Å². The van der Waals surface area contributed by atoms with Gasteiger partial charge in [-0.1, -0.05) is 18.2 Å². The van der Waals surface area contributed by atoms with E-state index in [1.54, 1.807) is 0 Å². The van der Waals surface area contributed by atoms with Crippen molar-refractivity contribution in [3.63, 3.8) is 0 Å². The lowest BCUT2D eigenvalue weighted by Gasteiger charge is -2.36. The van der Waals surface area contributed by atoms with Crippen molar-refractivity contribution in [3.8, 4) is 5.75 Å². The zero-order valence-corrected chi connectivity index (χ0v) is 19.8. The Hall–Kier alpha value is -1.06. The predicted octanol–water partition coefficient (Wildman–Crippen LogP) is 2.39. The lowest BCUT2D eigenvalue weighted by atomic mass is 10.2. The van der Waals surface area contributed by atoms with Crippen molar-refractivity contribution in [3.05, 3.63) is 29.8 Å². The van der Waals surface area contributed by atoms with Crippen LogP contribution in [0.3, 0.4) is 0 Å². The highest BCUT2D eigenvalue weighted by molar-refractivity contribution is 14.0. The maximum absolute atomic E-state index is 6.00. The summed E-state index contributed by atoms with van der Waals surface area (Å²) in [6, 6.07) is 8.77. The number of para-hydroxylation sites is 1. The Balaban J connectivity index is 0.00000280. The summed E-state index contributed by atoms with van der Waals surface area (Å²) in [7, 11) is 4.02. The molecule has 2 N–H and O–H groups in total. The number of nitrogens with zero attached hydrogens (tertiary/aromatic N) is 3. The number of aliphatic imine (C=N–C) groups is 1. The highest BCUT2D eigenvalue weighted by Gasteiger charge is 2.22. The number of likely N-dealkylation sites (N-methyl/N-ethyl adjacent to an activating group) is 1. The Morgan fingerprint density at radius 1 is 1.18 bits per heavy atom. The number of nitrogens with one attached hydrogen (secondary N) is 2. The largest absolute Gasteiger partial charge is 0.493 e. The fraction of sp³-hybridized carbons (Fsp3) is 0.667. The van der Waals surface area contributed by atoms with E-state index < -0.39 is 0 Å². The lowest BCUT2D eigenvalue weighted by molar-refractivity contribution is 0.120. The standard InChI is InChI=1S/C21H35N5O.HI/c1-17(26-12-10-25(3)11-13-26)14-23-21(22-2)24-15-19-6-4-5-7-20(19)27-16-18-8-9-18;/h4-7,17-18H,8-16H2,1-3H3,(H2,22,23,24);1H. The lowest BCUT2D eigenvalue weighted by Crippen LogP contribution is -2.52. The van der Waals surface area contributed by atoms with Crippen molar-refractivity contribution in [2.45, 2.75) is 32.4 Å². The molecule has 6 nitrogen and oxygen atoms in total. The first-order valence-electron chi connectivity index (χ1n) is 10.2. The SMILES string of the molecule is CN=C(NCc1ccccc1OCC1CC1)NCC(C)N1CCN(C)CC1.I. The van der Waals surface area contributed by atoms with Crippen LogP contribution in [0.2, 0.25) is 0 Å². The molecular weight excluding hydrogens is 465 g/mol. The Morgan fingerprint density at radius 2 is 1.89 bits per heavy atom. The van der Waals surface area contributed by atoms with Crippen molar-refractivity contribution in [1.29, 1.82) is 0 Å². The molecule has 0 radical (unpaired) electrons. The number of benzene rings is 1. The highest BCUT2D eigenvalue weighted by atomic mass is 127. The zero-order chi connectivity index (χ0) is 19.1. The number of hydrogen-bond acceptors (Lipinski definition) is 4. The van der Waals surface area contributed by atoms with Crippen LogP contribution in [-0.2, 0) is 6.54 Å². The molecule has 158 valence electrons. The second-order valence-electron chi connectivity index (χ2n) is 7.86. The molecule has 0 bridgehead atoms. The summed E-state index contributed by atoms with van der Waals surface area (Å²) >= 11 is 0. The van der Waals surface area contributed by atoms with Gasteiger partial charge in [-0.3, -0.25) is 9.89 Å². The van der Waals surface area contributed by atoms with Crippen molar-refractivity contribution in [1.82, 2.24) is 20.4 Å². The molecule has 0 spiro atoms. The third-order valence-corrected chi connectivity index (χ3v) is 5.54. The van der Waals surface area contributed by atoms with Crippen molar-refractivity contribution >= 4 is 29.9 Å². The molecule has 1 aliphatic carbocycles. The van der Waals surface area contributed by atoms with E-state index in [0.717, 1.165) is 57.0 Å². The Kier molecular flexibility index (Phi) is 9.81. The average Bonchev–Trinajstić information content (AvgIpc) is 3.52. The minimum absolute atomic E-state index is 0. The summed E-state index contributed by atoms with van der Waals surface area (Å²) in [5.41, 5.74) is 1.17. The molecule has 1 saturated heterocycles. The van der Waals surface area contributed by atoms with E-state index >= 15 is 0 Å². The van der Waals surface area contributed by atoms with Crippen LogP contribution >= 0.6 is 24.0 Å². The summed E-state index contributed by atoms with van der Waals surface area (Å²) in [6.07, 6.45) is 2.62. The highest BCUT2D eigenvalue weighted by Crippen LogP contribution is 2.30. The molecule has 1 aromatic carbocycles. The summed E-state index contributed by atoms with van der Waals surface area (Å²) < 4.78 is 6.00. The van der Waals surface area contributed by atoms with Crippen LogP contribution in [0.1, 0.15) is 25.3 Å². The van der Waals surface area contributed by atoms with E-state index in [2.05, 4.69) is 57.6 Å². The topological polar surface area (TPSA) is 52.1 Å². The maximum atomic E-state index is 6.00. The number of rotatable bonds is 8. The number of guanidine groups is 1. The minimum Gasteiger partial charge on any atom is -0.493 e. The third-order valence-electron chi connectivity index (χ3n) is 5.54. The fourth-order valence-corrected chi connectivity index (χ4v) is 3.32. The predicted molar refractivity (Wildman–Crippen MR) is 127 cm³/mol. The molecule has 1 aromatic rings. The van der Waals surface area contributed by atoms with Gasteiger partial charge in [-0.15, -0.1) is 24.0 Å². The first-order chi connectivity index (χ1) is 13.2. The van der Waals surface area contributed by atoms with Gasteiger partial charge in [0.15, 0.2) is 5.96 Å². The van der Waals surface area contributed by atoms with Crippen molar-refractivity contribution in [2.24, 2.45) is 10.9 Å². The van der Waals surface area contributed by atoms with E-state index in [1.807, 2.05) is 13.1 Å². The van der Waals surface area contributed by atoms with Gasteiger partial charge < -0.3 is 20.3 Å². The van der Waals surface area contributed by atoms with Crippen LogP contribution in [0.4, 0.5) is 0 Å². The quantitative estimate of drug-likeness (QED) is 0.326. The Morgan fingerprint density at radius 3 is 2.57 bits per heavy atom. The number of piperazine rings is 1. The first kappa shape index (κ1) is 23.2. The third kappa shape index (κ3) is 7.40. The van der Waals surface area contributed by atoms with Gasteiger partial charge in [0.25, 0.3) is 0 Å². The monoisotopic (exact) mass is 501 g/mol. The van der Waals surface area contributed by atoms with Crippen LogP contribution in [0.15, 0.2) is 29.3 Å². The van der Waals surface area contributed by atoms with E-state index in [1.165, 1.54) is 18.4 Å². The molecule has 1 aliphatic heterocycles. The summed E-state index contributed by atoms with van der Waals surface area (Å²) in [5.74, 6) is 2.59. The second-order valence-corrected chi connectivity index (χ2v) is 7.86. The van der Waals surface area contributed by atoms with Gasteiger partial charge in [-0.25, -0.2) is 0 Å². The van der Waals surface area contributed by atoms with Gasteiger partial charge in [0.2, 0.25) is 0 Å². The van der Waals surface area contributed by atoms with Gasteiger partial charge in [0.05, 0.1) is 6.61 Å². The van der Waals surface area contributed by atoms with Crippen LogP contribution in [0.25, 0.3) is 0 Å². The average molecular weight is 501 g/mol. The Labute approximate surface area is 187 Å². The molecular formula is C21H36IN5O. The van der Waals surface area contributed by atoms with Gasteiger partial charge in [-0.2, -0.15) is 0 Å². The van der Waals surface area contributed by atoms with Crippen LogP contribution in [-0.4, -0.2) is 75.2 Å². The van der Waals surface area contributed by atoms with E-state index in [-0.39, 0.29) is 24.0 Å². The normalized spacial score (nSPS) is 19.6. The fourth-order valence-electron chi connectivity index (χ4n) is 3.32. The summed E-state index contributed by atoms with van der Waals surface area (Å²) in [4.78, 5) is 9.30. The van der Waals surface area contributed by atoms with Crippen molar-refractivity contribution in [2.75, 3.05) is 53.4 Å². The smallest absolute Gasteiger partial charge is 0.191 e. The van der Waals surface area contributed by atoms with Crippen LogP contribution in [0, 0.1) is 5.92 Å². The molecule has 1 heterocycles. The maximum Gasteiger partial charge on any atom is 0.191 e. The Bertz CT molecular complexity index is 615. The number of hydrogen-bond donors (Lipinski definition) is 2. The first-order valence-corrected chi connectivity index (χ1v) is 10.2. The molecule has 7 heteroatoms. The molecule has 0 amide bonds. The molecule has 1 saturated carbocycles. The van der Waals surface area contributed by atoms with Crippen LogP contribution < -0.4 is 15.4 Å². The summed E-state index contributed by atoms with van der Waals surface area (Å²) in [6.45, 7) is 9.30. The van der Waals surface area contributed by atoms with Gasteiger partial charge in [0.1, 0.15) is 5.75 Å². The van der Waals surface area contributed by atoms with Gasteiger partial charge in [-0.05, 0) is 38.8 Å². The molecule has 3 rings (SSSR count). The summed E-state index contributed by atoms with van der Waals surface area (Å²) in [5, 5.41) is 6.90. The van der Waals surface area contributed by atoms with E-state index in [0.29, 0.717) is 12.6 Å². The number of halogens is 1. The van der Waals surface area contributed by atoms with Gasteiger partial charge in [0, 0.05) is 57.9 Å². The van der Waals surface area contributed by atoms with Gasteiger partial charge >= 0.3 is 0 Å². The molecule has 0 aromatic heterocycles. The molecule has 1 atom stereocenters. The molecule has 1 unspecified atom stereocenters. The number of ether oxygens (including phenoxy) is 1. The van der Waals surface area contributed by atoms with E-state index in [4.69, 9.17) is 4.74 Å². The minimum atomic E-state index is 0. The molecule has 2 aliphatic rings. The van der Waals surface area contributed by atoms with Crippen LogP contribution in [0.5, 0.6) is 5.75 Å².